The van der Waals surface area contributed by atoms with E-state index in [1.165, 1.54) is 0 Å². The number of aryl methyl sites for hydroxylation is 1. The molecule has 5 heteroatoms. The smallest absolute Gasteiger partial charge is 0.215 e. The highest BCUT2D eigenvalue weighted by atomic mass is 32.2. The van der Waals surface area contributed by atoms with E-state index in [-0.39, 0.29) is 12.3 Å². The van der Waals surface area contributed by atoms with Crippen molar-refractivity contribution in [3.05, 3.63) is 70.8 Å². The zero-order chi connectivity index (χ0) is 16.5. The maximum atomic E-state index is 12.2. The van der Waals surface area contributed by atoms with Gasteiger partial charge in [0.15, 0.2) is 0 Å². The molecule has 0 radical (unpaired) electrons. The molecule has 23 heavy (non-hydrogen) atoms. The van der Waals surface area contributed by atoms with Crippen LogP contribution in [0.1, 0.15) is 22.3 Å². The maximum Gasteiger partial charge on any atom is 0.215 e. The second-order valence-corrected chi connectivity index (χ2v) is 8.22. The number of sulfonamides is 1. The molecule has 2 aromatic rings. The zero-order valence-electron chi connectivity index (χ0n) is 13.1. The highest BCUT2D eigenvalue weighted by molar-refractivity contribution is 7.88. The molecule has 0 fully saturated rings. The summed E-state index contributed by atoms with van der Waals surface area (Å²) in [6.07, 6.45) is 0.965. The van der Waals surface area contributed by atoms with E-state index in [0.717, 1.165) is 22.3 Å². The third-order valence-corrected chi connectivity index (χ3v) is 5.55. The van der Waals surface area contributed by atoms with Gasteiger partial charge in [-0.25, -0.2) is 13.1 Å². The summed E-state index contributed by atoms with van der Waals surface area (Å²) in [6, 6.07) is 15.3. The van der Waals surface area contributed by atoms with E-state index < -0.39 is 15.6 Å². The van der Waals surface area contributed by atoms with Crippen LogP contribution in [0.15, 0.2) is 48.5 Å². The van der Waals surface area contributed by atoms with Crippen molar-refractivity contribution in [3.63, 3.8) is 0 Å². The van der Waals surface area contributed by atoms with Crippen LogP contribution in [0, 0.1) is 6.92 Å². The zero-order valence-corrected chi connectivity index (χ0v) is 13.9. The average molecular weight is 331 g/mol. The molecule has 3 rings (SSSR count). The summed E-state index contributed by atoms with van der Waals surface area (Å²) in [6.45, 7) is 2.00. The van der Waals surface area contributed by atoms with Gasteiger partial charge in [0.2, 0.25) is 10.0 Å². The molecule has 0 aromatic heterocycles. The number of hydrogen-bond donors (Lipinski definition) is 2. The Bertz CT molecular complexity index is 772. The minimum Gasteiger partial charge on any atom is -0.388 e. The second-order valence-electron chi connectivity index (χ2n) is 6.41. The second kappa shape index (κ2) is 6.07. The number of hydrogen-bond acceptors (Lipinski definition) is 3. The van der Waals surface area contributed by atoms with Crippen LogP contribution in [0.2, 0.25) is 0 Å². The maximum absolute atomic E-state index is 12.2. The fraction of sp³-hybridized carbons (Fsp3) is 0.333. The topological polar surface area (TPSA) is 66.4 Å². The monoisotopic (exact) mass is 331 g/mol. The third kappa shape index (κ3) is 3.99. The summed E-state index contributed by atoms with van der Waals surface area (Å²) in [7, 11) is -3.47. The Kier molecular flexibility index (Phi) is 4.27. The van der Waals surface area contributed by atoms with Crippen LogP contribution in [0.25, 0.3) is 0 Å². The number of fused-ring (bicyclic) bond motifs is 1. The van der Waals surface area contributed by atoms with E-state index in [1.807, 2.05) is 55.5 Å². The van der Waals surface area contributed by atoms with Crippen molar-refractivity contribution in [2.45, 2.75) is 31.1 Å². The van der Waals surface area contributed by atoms with E-state index in [4.69, 9.17) is 0 Å². The van der Waals surface area contributed by atoms with Crippen molar-refractivity contribution >= 4 is 10.0 Å². The number of rotatable bonds is 5. The van der Waals surface area contributed by atoms with Crippen molar-refractivity contribution in [3.8, 4) is 0 Å². The molecule has 0 saturated heterocycles. The Labute approximate surface area is 137 Å². The van der Waals surface area contributed by atoms with Gasteiger partial charge in [0, 0.05) is 19.4 Å². The predicted octanol–water partition coefficient (Wildman–Crippen LogP) is 1.94. The summed E-state index contributed by atoms with van der Waals surface area (Å²) in [5.74, 6) is -0.0731. The van der Waals surface area contributed by atoms with Gasteiger partial charge in [0.1, 0.15) is 0 Å². The molecule has 122 valence electrons. The Hall–Kier alpha value is -1.69. The molecule has 0 amide bonds. The van der Waals surface area contributed by atoms with Crippen LogP contribution in [0.5, 0.6) is 0 Å². The van der Waals surface area contributed by atoms with Gasteiger partial charge >= 0.3 is 0 Å². The standard InChI is InChI=1S/C18H21NO3S/c1-14-6-8-15(9-7-14)12-23(21,22)19-13-18(20)10-16-4-2-3-5-17(16)11-18/h2-9,19-20H,10-13H2,1H3. The number of nitrogens with one attached hydrogen (secondary N) is 1. The Balaban J connectivity index is 1.62. The van der Waals surface area contributed by atoms with Gasteiger partial charge in [0.05, 0.1) is 11.4 Å². The summed E-state index contributed by atoms with van der Waals surface area (Å²) in [5, 5.41) is 10.7. The first-order valence-electron chi connectivity index (χ1n) is 7.67. The molecule has 0 heterocycles. The molecule has 1 aliphatic carbocycles. The van der Waals surface area contributed by atoms with Gasteiger partial charge in [-0.3, -0.25) is 0 Å². The Morgan fingerprint density at radius 3 is 2.17 bits per heavy atom. The van der Waals surface area contributed by atoms with Crippen LogP contribution in [0.4, 0.5) is 0 Å². The fourth-order valence-electron chi connectivity index (χ4n) is 3.00. The molecular formula is C18H21NO3S. The van der Waals surface area contributed by atoms with Gasteiger partial charge in [-0.15, -0.1) is 0 Å². The predicted molar refractivity (Wildman–Crippen MR) is 90.6 cm³/mol. The first-order valence-corrected chi connectivity index (χ1v) is 9.33. The van der Waals surface area contributed by atoms with E-state index in [0.29, 0.717) is 12.8 Å². The highest BCUT2D eigenvalue weighted by Gasteiger charge is 2.35. The lowest BCUT2D eigenvalue weighted by Gasteiger charge is -2.22. The molecule has 4 nitrogen and oxygen atoms in total. The lowest BCUT2D eigenvalue weighted by Crippen LogP contribution is -2.43. The van der Waals surface area contributed by atoms with E-state index >= 15 is 0 Å². The SMILES string of the molecule is Cc1ccc(CS(=O)(=O)NCC2(O)Cc3ccccc3C2)cc1. The van der Waals surface area contributed by atoms with Crippen molar-refractivity contribution in [2.24, 2.45) is 0 Å². The first-order chi connectivity index (χ1) is 10.9. The molecule has 2 N–H and O–H groups in total. The molecule has 1 aliphatic rings. The third-order valence-electron chi connectivity index (χ3n) is 4.26. The van der Waals surface area contributed by atoms with Crippen LogP contribution in [0.3, 0.4) is 0 Å². The minimum atomic E-state index is -3.47. The largest absolute Gasteiger partial charge is 0.388 e. The van der Waals surface area contributed by atoms with E-state index in [2.05, 4.69) is 4.72 Å². The lowest BCUT2D eigenvalue weighted by atomic mass is 10.0. The molecule has 0 spiro atoms. The quantitative estimate of drug-likeness (QED) is 0.880. The molecule has 0 bridgehead atoms. The van der Waals surface area contributed by atoms with Gasteiger partial charge in [0.25, 0.3) is 0 Å². The average Bonchev–Trinajstić information content (AvgIpc) is 2.84. The van der Waals surface area contributed by atoms with Crippen molar-refractivity contribution in [1.29, 1.82) is 0 Å². The fourth-order valence-corrected chi connectivity index (χ4v) is 4.22. The van der Waals surface area contributed by atoms with E-state index in [9.17, 15) is 13.5 Å². The summed E-state index contributed by atoms with van der Waals surface area (Å²) in [5.41, 5.74) is 2.98. The van der Waals surface area contributed by atoms with Gasteiger partial charge in [-0.2, -0.15) is 0 Å². The Morgan fingerprint density at radius 2 is 1.61 bits per heavy atom. The highest BCUT2D eigenvalue weighted by Crippen LogP contribution is 2.29. The van der Waals surface area contributed by atoms with E-state index in [1.54, 1.807) is 0 Å². The van der Waals surface area contributed by atoms with Gasteiger partial charge in [-0.1, -0.05) is 54.1 Å². The summed E-state index contributed by atoms with van der Waals surface area (Å²) < 4.78 is 27.0. The molecule has 0 unspecified atom stereocenters. The van der Waals surface area contributed by atoms with Gasteiger partial charge in [-0.05, 0) is 23.6 Å². The molecule has 2 aromatic carbocycles. The van der Waals surface area contributed by atoms with Crippen LogP contribution < -0.4 is 4.72 Å². The van der Waals surface area contributed by atoms with Crippen molar-refractivity contribution < 1.29 is 13.5 Å². The van der Waals surface area contributed by atoms with Crippen molar-refractivity contribution in [1.82, 2.24) is 4.72 Å². The first kappa shape index (κ1) is 16.2. The van der Waals surface area contributed by atoms with Crippen LogP contribution in [-0.2, 0) is 28.6 Å². The lowest BCUT2D eigenvalue weighted by molar-refractivity contribution is 0.0567. The number of benzene rings is 2. The summed E-state index contributed by atoms with van der Waals surface area (Å²) >= 11 is 0. The Morgan fingerprint density at radius 1 is 1.04 bits per heavy atom. The van der Waals surface area contributed by atoms with Crippen LogP contribution >= 0.6 is 0 Å². The summed E-state index contributed by atoms with van der Waals surface area (Å²) in [4.78, 5) is 0. The minimum absolute atomic E-state index is 0.0376. The molecular weight excluding hydrogens is 310 g/mol. The van der Waals surface area contributed by atoms with Gasteiger partial charge < -0.3 is 5.11 Å². The molecule has 0 aliphatic heterocycles. The normalized spacial score (nSPS) is 16.3. The number of aliphatic hydroxyl groups is 1. The van der Waals surface area contributed by atoms with Crippen LogP contribution in [-0.4, -0.2) is 25.7 Å². The molecule has 0 atom stereocenters. The van der Waals surface area contributed by atoms with Crippen molar-refractivity contribution in [2.75, 3.05) is 6.54 Å². The molecule has 0 saturated carbocycles.